The van der Waals surface area contributed by atoms with Gasteiger partial charge < -0.3 is 24.4 Å². The van der Waals surface area contributed by atoms with E-state index in [2.05, 4.69) is 5.32 Å². The molecular weight excluding hydrogens is 365 g/mol. The molecule has 0 radical (unpaired) electrons. The lowest BCUT2D eigenvalue weighted by Gasteiger charge is -2.52. The largest absolute Gasteiger partial charge is 0.444 e. The van der Waals surface area contributed by atoms with E-state index in [9.17, 15) is 9.18 Å². The molecular formula is C20H26FN3O4. The quantitative estimate of drug-likeness (QED) is 0.849. The van der Waals surface area contributed by atoms with Crippen molar-refractivity contribution >= 4 is 11.8 Å². The van der Waals surface area contributed by atoms with E-state index in [-0.39, 0.29) is 23.4 Å². The molecule has 0 bridgehead atoms. The number of anilines is 1. The molecule has 28 heavy (non-hydrogen) atoms. The van der Waals surface area contributed by atoms with Crippen molar-refractivity contribution in [3.63, 3.8) is 0 Å². The molecule has 0 saturated carbocycles. The molecule has 7 nitrogen and oxygen atoms in total. The molecule has 2 heterocycles. The number of nitrogens with zero attached hydrogens (tertiary/aromatic N) is 2. The molecule has 3 rings (SSSR count). The Kier molecular flexibility index (Phi) is 5.77. The highest BCUT2D eigenvalue weighted by atomic mass is 19.1. The second-order valence-corrected chi connectivity index (χ2v) is 8.41. The summed E-state index contributed by atoms with van der Waals surface area (Å²) < 4.78 is 30.6. The lowest BCUT2D eigenvalue weighted by molar-refractivity contribution is -0.254. The van der Waals surface area contributed by atoms with Crippen molar-refractivity contribution in [3.05, 3.63) is 29.6 Å². The van der Waals surface area contributed by atoms with E-state index in [1.54, 1.807) is 17.0 Å². The highest BCUT2D eigenvalue weighted by Crippen LogP contribution is 2.36. The number of nitrogens with one attached hydrogen (secondary N) is 1. The Morgan fingerprint density at radius 1 is 1.39 bits per heavy atom. The van der Waals surface area contributed by atoms with Gasteiger partial charge in [-0.2, -0.15) is 5.26 Å². The molecule has 1 spiro atoms. The smallest absolute Gasteiger partial charge is 0.410 e. The topological polar surface area (TPSA) is 83.8 Å². The van der Waals surface area contributed by atoms with E-state index in [0.717, 1.165) is 0 Å². The fourth-order valence-corrected chi connectivity index (χ4v) is 3.25. The van der Waals surface area contributed by atoms with Crippen molar-refractivity contribution in [1.29, 1.82) is 5.26 Å². The highest BCUT2D eigenvalue weighted by molar-refractivity contribution is 5.69. The molecule has 152 valence electrons. The van der Waals surface area contributed by atoms with Crippen LogP contribution in [-0.4, -0.2) is 55.7 Å². The predicted molar refractivity (Wildman–Crippen MR) is 100 cm³/mol. The maximum absolute atomic E-state index is 13.6. The van der Waals surface area contributed by atoms with Crippen molar-refractivity contribution in [3.8, 4) is 6.07 Å². The molecule has 8 heteroatoms. The standard InChI is InChI=1S/C20H26FN3O4/c1-19(2,3)28-18(25)24-10-20(11-24)12-26-17(27-13-20)6-7-23-15-5-4-14(9-22)16(21)8-15/h4-5,8,17,23H,6-7,10-13H2,1-3H3. The van der Waals surface area contributed by atoms with Crippen molar-refractivity contribution < 1.29 is 23.4 Å². The first-order chi connectivity index (χ1) is 13.2. The maximum Gasteiger partial charge on any atom is 0.410 e. The van der Waals surface area contributed by atoms with Crippen LogP contribution >= 0.6 is 0 Å². The van der Waals surface area contributed by atoms with Crippen LogP contribution in [0.3, 0.4) is 0 Å². The number of nitriles is 1. The van der Waals surface area contributed by atoms with E-state index < -0.39 is 11.4 Å². The monoisotopic (exact) mass is 391 g/mol. The summed E-state index contributed by atoms with van der Waals surface area (Å²) in [7, 11) is 0. The number of amides is 1. The molecule has 1 N–H and O–H groups in total. The van der Waals surface area contributed by atoms with Gasteiger partial charge in [-0.1, -0.05) is 0 Å². The Labute approximate surface area is 164 Å². The van der Waals surface area contributed by atoms with Gasteiger partial charge in [-0.15, -0.1) is 0 Å². The van der Waals surface area contributed by atoms with E-state index >= 15 is 0 Å². The average Bonchev–Trinajstić information content (AvgIpc) is 2.59. The molecule has 2 aliphatic rings. The van der Waals surface area contributed by atoms with Crippen LogP contribution in [0.25, 0.3) is 0 Å². The third-order valence-electron chi connectivity index (χ3n) is 4.65. The van der Waals surface area contributed by atoms with Gasteiger partial charge in [0.05, 0.1) is 24.2 Å². The van der Waals surface area contributed by atoms with Crippen LogP contribution in [-0.2, 0) is 14.2 Å². The molecule has 1 aromatic rings. The van der Waals surface area contributed by atoms with Crippen LogP contribution in [0.1, 0.15) is 32.8 Å². The highest BCUT2D eigenvalue weighted by Gasteiger charge is 2.49. The zero-order chi connectivity index (χ0) is 20.4. The van der Waals surface area contributed by atoms with Crippen LogP contribution in [0.2, 0.25) is 0 Å². The maximum atomic E-state index is 13.6. The summed E-state index contributed by atoms with van der Waals surface area (Å²) in [4.78, 5) is 13.7. The number of ether oxygens (including phenoxy) is 3. The van der Waals surface area contributed by atoms with E-state index in [1.165, 1.54) is 12.1 Å². The fraction of sp³-hybridized carbons (Fsp3) is 0.600. The third kappa shape index (κ3) is 4.91. The minimum atomic E-state index is -0.542. The Morgan fingerprint density at radius 3 is 2.64 bits per heavy atom. The summed E-state index contributed by atoms with van der Waals surface area (Å²) in [6, 6.07) is 6.21. The van der Waals surface area contributed by atoms with Crippen LogP contribution in [0.5, 0.6) is 0 Å². The lowest BCUT2D eigenvalue weighted by atomic mass is 9.81. The van der Waals surface area contributed by atoms with Crippen LogP contribution in [0.15, 0.2) is 18.2 Å². The SMILES string of the molecule is CC(C)(C)OC(=O)N1CC2(COC(CCNc3ccc(C#N)c(F)c3)OC2)C1. The second kappa shape index (κ2) is 7.94. The Bertz CT molecular complexity index is 756. The van der Waals surface area contributed by atoms with Gasteiger partial charge in [0.1, 0.15) is 17.5 Å². The molecule has 1 amide bonds. The zero-order valence-electron chi connectivity index (χ0n) is 16.5. The van der Waals surface area contributed by atoms with Crippen molar-refractivity contribution in [2.75, 3.05) is 38.2 Å². The molecule has 2 aliphatic heterocycles. The number of hydrogen-bond donors (Lipinski definition) is 1. The van der Waals surface area contributed by atoms with Gasteiger partial charge in [-0.25, -0.2) is 9.18 Å². The van der Waals surface area contributed by atoms with Crippen LogP contribution in [0, 0.1) is 22.6 Å². The van der Waals surface area contributed by atoms with Crippen LogP contribution < -0.4 is 5.32 Å². The zero-order valence-corrected chi connectivity index (χ0v) is 16.5. The molecule has 0 atom stereocenters. The summed E-state index contributed by atoms with van der Waals surface area (Å²) in [5.74, 6) is -0.542. The van der Waals surface area contributed by atoms with E-state index in [0.29, 0.717) is 45.0 Å². The number of halogens is 1. The van der Waals surface area contributed by atoms with E-state index in [4.69, 9.17) is 19.5 Å². The first-order valence-electron chi connectivity index (χ1n) is 9.34. The molecule has 2 fully saturated rings. The predicted octanol–water partition coefficient (Wildman–Crippen LogP) is 3.11. The third-order valence-corrected chi connectivity index (χ3v) is 4.65. The van der Waals surface area contributed by atoms with Gasteiger partial charge in [0.2, 0.25) is 0 Å². The Balaban J connectivity index is 1.37. The van der Waals surface area contributed by atoms with Gasteiger partial charge in [-0.05, 0) is 39.0 Å². The van der Waals surface area contributed by atoms with Crippen molar-refractivity contribution in [2.24, 2.45) is 5.41 Å². The number of carbonyl (C=O) groups excluding carboxylic acids is 1. The van der Waals surface area contributed by atoms with Gasteiger partial charge in [0.15, 0.2) is 6.29 Å². The summed E-state index contributed by atoms with van der Waals surface area (Å²) in [6.45, 7) is 8.28. The molecule has 1 aromatic carbocycles. The Morgan fingerprint density at radius 2 is 2.07 bits per heavy atom. The summed E-state index contributed by atoms with van der Waals surface area (Å²) in [5, 5.41) is 11.8. The summed E-state index contributed by atoms with van der Waals surface area (Å²) in [6.07, 6.45) is -0.0379. The van der Waals surface area contributed by atoms with Crippen molar-refractivity contribution in [1.82, 2.24) is 4.90 Å². The fourth-order valence-electron chi connectivity index (χ4n) is 3.25. The number of rotatable bonds is 4. The number of carbonyl (C=O) groups is 1. The number of likely N-dealkylation sites (tertiary alicyclic amines) is 1. The molecule has 0 aliphatic carbocycles. The number of hydrogen-bond acceptors (Lipinski definition) is 6. The normalized spacial score (nSPS) is 19.0. The van der Waals surface area contributed by atoms with Crippen LogP contribution in [0.4, 0.5) is 14.9 Å². The molecule has 2 saturated heterocycles. The minimum absolute atomic E-state index is 0.0238. The lowest BCUT2D eigenvalue weighted by Crippen LogP contribution is -2.65. The second-order valence-electron chi connectivity index (χ2n) is 8.41. The summed E-state index contributed by atoms with van der Waals surface area (Å²) in [5.41, 5.74) is -0.0293. The average molecular weight is 391 g/mol. The Hall–Kier alpha value is -2.37. The van der Waals surface area contributed by atoms with Crippen molar-refractivity contribution in [2.45, 2.75) is 39.1 Å². The van der Waals surface area contributed by atoms with Gasteiger partial charge in [0, 0.05) is 31.7 Å². The van der Waals surface area contributed by atoms with Gasteiger partial charge in [0.25, 0.3) is 0 Å². The first-order valence-corrected chi connectivity index (χ1v) is 9.34. The van der Waals surface area contributed by atoms with Gasteiger partial charge >= 0.3 is 6.09 Å². The van der Waals surface area contributed by atoms with Gasteiger partial charge in [-0.3, -0.25) is 0 Å². The molecule has 0 unspecified atom stereocenters. The minimum Gasteiger partial charge on any atom is -0.444 e. The van der Waals surface area contributed by atoms with E-state index in [1.807, 2.05) is 20.8 Å². The number of benzene rings is 1. The molecule has 0 aromatic heterocycles. The first kappa shape index (κ1) is 20.4. The summed E-state index contributed by atoms with van der Waals surface area (Å²) >= 11 is 0.